The van der Waals surface area contributed by atoms with Gasteiger partial charge in [0.25, 0.3) is 5.91 Å². The lowest BCUT2D eigenvalue weighted by Gasteiger charge is -2.29. The molecule has 4 rings (SSSR count). The number of aromatic nitrogens is 1. The van der Waals surface area contributed by atoms with E-state index < -0.39 is 18.5 Å². The highest BCUT2D eigenvalue weighted by molar-refractivity contribution is 6.06. The maximum absolute atomic E-state index is 13.3. The molecule has 8 heteroatoms. The van der Waals surface area contributed by atoms with E-state index in [0.717, 1.165) is 48.1 Å². The van der Waals surface area contributed by atoms with Gasteiger partial charge in [-0.15, -0.1) is 0 Å². The Balaban J connectivity index is 1.54. The second-order valence-corrected chi connectivity index (χ2v) is 8.15. The maximum Gasteiger partial charge on any atom is 0.339 e. The SMILES string of the molecule is CCCN1CCc2nc3ccccc3c(C(=O)OCC(=O)Nc3ccc(OC)cc3OC)c2C1. The molecule has 2 heterocycles. The van der Waals surface area contributed by atoms with Crippen LogP contribution >= 0.6 is 0 Å². The lowest BCUT2D eigenvalue weighted by molar-refractivity contribution is -0.119. The average Bonchev–Trinajstić information content (AvgIpc) is 2.86. The Labute approximate surface area is 198 Å². The molecule has 0 fully saturated rings. The van der Waals surface area contributed by atoms with E-state index in [1.165, 1.54) is 7.11 Å². The van der Waals surface area contributed by atoms with E-state index in [4.69, 9.17) is 19.2 Å². The number of hydrogen-bond donors (Lipinski definition) is 1. The van der Waals surface area contributed by atoms with Crippen molar-refractivity contribution in [2.24, 2.45) is 0 Å². The number of rotatable bonds is 8. The van der Waals surface area contributed by atoms with Crippen molar-refractivity contribution in [2.75, 3.05) is 39.2 Å². The zero-order chi connectivity index (χ0) is 24.1. The standard InChI is InChI=1S/C26H29N3O5/c1-4-12-29-13-11-21-19(15-29)25(18-7-5-6-8-20(18)27-21)26(31)34-16-24(30)28-22-10-9-17(32-2)14-23(22)33-3/h5-10,14H,4,11-13,15-16H2,1-3H3,(H,28,30). The molecule has 0 unspecified atom stereocenters. The number of esters is 1. The number of nitrogens with one attached hydrogen (secondary N) is 1. The predicted molar refractivity (Wildman–Crippen MR) is 129 cm³/mol. The number of nitrogens with zero attached hydrogens (tertiary/aromatic N) is 2. The van der Waals surface area contributed by atoms with E-state index in [2.05, 4.69) is 17.1 Å². The van der Waals surface area contributed by atoms with Gasteiger partial charge in [-0.05, 0) is 31.2 Å². The number of fused-ring (bicyclic) bond motifs is 2. The van der Waals surface area contributed by atoms with E-state index in [1.54, 1.807) is 25.3 Å². The van der Waals surface area contributed by atoms with E-state index in [-0.39, 0.29) is 0 Å². The fourth-order valence-electron chi connectivity index (χ4n) is 4.28. The number of amides is 1. The number of benzene rings is 2. The molecule has 0 aliphatic carbocycles. The van der Waals surface area contributed by atoms with Crippen LogP contribution in [0.25, 0.3) is 10.9 Å². The van der Waals surface area contributed by atoms with Gasteiger partial charge >= 0.3 is 5.97 Å². The predicted octanol–water partition coefficient (Wildman–Crippen LogP) is 3.82. The minimum Gasteiger partial charge on any atom is -0.497 e. The van der Waals surface area contributed by atoms with E-state index >= 15 is 0 Å². The van der Waals surface area contributed by atoms with E-state index in [9.17, 15) is 9.59 Å². The van der Waals surface area contributed by atoms with Crippen LogP contribution in [0.4, 0.5) is 5.69 Å². The number of para-hydroxylation sites is 1. The molecular weight excluding hydrogens is 434 g/mol. The molecule has 1 aliphatic rings. The Morgan fingerprint density at radius 2 is 1.94 bits per heavy atom. The van der Waals surface area contributed by atoms with Crippen LogP contribution in [0, 0.1) is 0 Å². The summed E-state index contributed by atoms with van der Waals surface area (Å²) >= 11 is 0. The van der Waals surface area contributed by atoms with Crippen LogP contribution in [0.5, 0.6) is 11.5 Å². The highest BCUT2D eigenvalue weighted by atomic mass is 16.5. The molecule has 2 aromatic carbocycles. The van der Waals surface area contributed by atoms with Crippen molar-refractivity contribution in [2.45, 2.75) is 26.3 Å². The number of methoxy groups -OCH3 is 2. The largest absolute Gasteiger partial charge is 0.497 e. The van der Waals surface area contributed by atoms with Gasteiger partial charge in [0.05, 0.1) is 31.0 Å². The van der Waals surface area contributed by atoms with Gasteiger partial charge in [-0.2, -0.15) is 0 Å². The minimum absolute atomic E-state index is 0.419. The number of carbonyl (C=O) groups is 2. The highest BCUT2D eigenvalue weighted by Gasteiger charge is 2.26. The Morgan fingerprint density at radius 3 is 2.71 bits per heavy atom. The normalized spacial score (nSPS) is 13.3. The van der Waals surface area contributed by atoms with Crippen molar-refractivity contribution in [1.29, 1.82) is 0 Å². The summed E-state index contributed by atoms with van der Waals surface area (Å²) < 4.78 is 16.0. The molecule has 1 aromatic heterocycles. The summed E-state index contributed by atoms with van der Waals surface area (Å²) in [5.41, 5.74) is 3.53. The van der Waals surface area contributed by atoms with Crippen LogP contribution < -0.4 is 14.8 Å². The average molecular weight is 464 g/mol. The first-order valence-electron chi connectivity index (χ1n) is 11.4. The fourth-order valence-corrected chi connectivity index (χ4v) is 4.28. The Hall–Kier alpha value is -3.65. The molecule has 0 spiro atoms. The molecule has 0 radical (unpaired) electrons. The Kier molecular flexibility index (Phi) is 7.27. The highest BCUT2D eigenvalue weighted by Crippen LogP contribution is 2.30. The summed E-state index contributed by atoms with van der Waals surface area (Å²) in [6.07, 6.45) is 1.81. The van der Waals surface area contributed by atoms with Crippen molar-refractivity contribution in [3.8, 4) is 11.5 Å². The van der Waals surface area contributed by atoms with Crippen LogP contribution in [0.15, 0.2) is 42.5 Å². The first kappa shape index (κ1) is 23.5. The lowest BCUT2D eigenvalue weighted by atomic mass is 9.95. The van der Waals surface area contributed by atoms with E-state index in [1.807, 2.05) is 24.3 Å². The number of carbonyl (C=O) groups excluding carboxylic acids is 2. The van der Waals surface area contributed by atoms with Crippen molar-refractivity contribution in [3.63, 3.8) is 0 Å². The minimum atomic E-state index is -0.523. The van der Waals surface area contributed by atoms with Crippen LogP contribution in [0.2, 0.25) is 0 Å². The monoisotopic (exact) mass is 463 g/mol. The summed E-state index contributed by atoms with van der Waals surface area (Å²) in [6, 6.07) is 12.6. The van der Waals surface area contributed by atoms with E-state index in [0.29, 0.717) is 29.3 Å². The second-order valence-electron chi connectivity index (χ2n) is 8.15. The van der Waals surface area contributed by atoms with Crippen molar-refractivity contribution >= 4 is 28.5 Å². The van der Waals surface area contributed by atoms with Gasteiger partial charge in [-0.1, -0.05) is 25.1 Å². The lowest BCUT2D eigenvalue weighted by Crippen LogP contribution is -2.33. The molecule has 34 heavy (non-hydrogen) atoms. The van der Waals surface area contributed by atoms with Gasteiger partial charge in [0.15, 0.2) is 6.61 Å². The summed E-state index contributed by atoms with van der Waals surface area (Å²) in [5, 5.41) is 3.46. The number of ether oxygens (including phenoxy) is 3. The number of anilines is 1. The molecule has 0 saturated carbocycles. The molecule has 0 bridgehead atoms. The van der Waals surface area contributed by atoms with Gasteiger partial charge in [0.2, 0.25) is 0 Å². The molecule has 1 N–H and O–H groups in total. The van der Waals surface area contributed by atoms with Crippen LogP contribution in [-0.4, -0.2) is 55.7 Å². The summed E-state index contributed by atoms with van der Waals surface area (Å²) in [6.45, 7) is 4.22. The molecule has 0 atom stereocenters. The third-order valence-corrected chi connectivity index (χ3v) is 5.89. The van der Waals surface area contributed by atoms with Crippen LogP contribution in [0.3, 0.4) is 0 Å². The van der Waals surface area contributed by atoms with Crippen molar-refractivity contribution in [3.05, 3.63) is 59.3 Å². The Bertz CT molecular complexity index is 1210. The first-order chi connectivity index (χ1) is 16.5. The molecule has 8 nitrogen and oxygen atoms in total. The van der Waals surface area contributed by atoms with Gasteiger partial charge in [0.1, 0.15) is 11.5 Å². The van der Waals surface area contributed by atoms with Gasteiger partial charge in [0, 0.05) is 42.2 Å². The molecule has 3 aromatic rings. The van der Waals surface area contributed by atoms with Gasteiger partial charge in [-0.25, -0.2) is 4.79 Å². The zero-order valence-corrected chi connectivity index (χ0v) is 19.7. The van der Waals surface area contributed by atoms with Crippen LogP contribution in [-0.2, 0) is 22.5 Å². The smallest absolute Gasteiger partial charge is 0.339 e. The fraction of sp³-hybridized carbons (Fsp3) is 0.346. The summed E-state index contributed by atoms with van der Waals surface area (Å²) in [7, 11) is 3.06. The first-order valence-corrected chi connectivity index (χ1v) is 11.4. The maximum atomic E-state index is 13.3. The van der Waals surface area contributed by atoms with Gasteiger partial charge < -0.3 is 19.5 Å². The van der Waals surface area contributed by atoms with Gasteiger partial charge in [-0.3, -0.25) is 14.7 Å². The topological polar surface area (TPSA) is 90.0 Å². The number of pyridine rings is 1. The third kappa shape index (κ3) is 4.97. The number of hydrogen-bond acceptors (Lipinski definition) is 7. The van der Waals surface area contributed by atoms with Crippen molar-refractivity contribution in [1.82, 2.24) is 9.88 Å². The third-order valence-electron chi connectivity index (χ3n) is 5.89. The molecule has 1 amide bonds. The molecule has 178 valence electrons. The molecule has 0 saturated heterocycles. The summed E-state index contributed by atoms with van der Waals surface area (Å²) in [5.74, 6) is 0.0682. The second kappa shape index (κ2) is 10.5. The molecular formula is C26H29N3O5. The Morgan fingerprint density at radius 1 is 1.12 bits per heavy atom. The summed E-state index contributed by atoms with van der Waals surface area (Å²) in [4.78, 5) is 33.0. The quantitative estimate of drug-likeness (QED) is 0.508. The molecule has 1 aliphatic heterocycles. The zero-order valence-electron chi connectivity index (χ0n) is 19.7. The van der Waals surface area contributed by atoms with Crippen molar-refractivity contribution < 1.29 is 23.8 Å². The van der Waals surface area contributed by atoms with Crippen LogP contribution in [0.1, 0.15) is 35.0 Å².